The number of carbonyl (C=O) groups is 4. The van der Waals surface area contributed by atoms with Crippen molar-refractivity contribution in [2.75, 3.05) is 103 Å². The van der Waals surface area contributed by atoms with Crippen LogP contribution in [0.25, 0.3) is 54.5 Å². The minimum Gasteiger partial charge on any atom is -0.497 e. The summed E-state index contributed by atoms with van der Waals surface area (Å²) in [5.74, 6) is 2.48. The quantitative estimate of drug-likeness (QED) is 0.0225. The maximum Gasteiger partial charge on any atom is 0.416 e. The van der Waals surface area contributed by atoms with Gasteiger partial charge in [0.05, 0.1) is 63.8 Å². The number of nitrogens with one attached hydrogen (secondary N) is 8. The number of anilines is 3. The van der Waals surface area contributed by atoms with Crippen LogP contribution < -0.4 is 30.2 Å². The van der Waals surface area contributed by atoms with Crippen LogP contribution in [-0.2, 0) is 57.3 Å². The number of methoxy groups -OCH3 is 2. The van der Waals surface area contributed by atoms with E-state index >= 15 is 0 Å². The summed E-state index contributed by atoms with van der Waals surface area (Å²) in [4.78, 5) is 86.5. The lowest BCUT2D eigenvalue weighted by molar-refractivity contribution is -0.137. The molecular formula is C113H113Cl5F4N16O9S2. The molecule has 0 spiro atoms. The molecular weight excluding hydrogens is 2040 g/mol. The number of carbonyl (C=O) groups excluding carboxylic acids is 4. The molecule has 0 bridgehead atoms. The number of hydrogen-bond donors (Lipinski definition) is 8. The van der Waals surface area contributed by atoms with Gasteiger partial charge in [-0.1, -0.05) is 121 Å². The molecule has 6 atom stereocenters. The fourth-order valence-corrected chi connectivity index (χ4v) is 21.9. The number of ether oxygens (including phenoxy) is 5. The summed E-state index contributed by atoms with van der Waals surface area (Å²) in [6, 6.07) is 63.4. The number of benzene rings is 10. The van der Waals surface area contributed by atoms with E-state index in [1.165, 1.54) is 47.2 Å². The van der Waals surface area contributed by atoms with Crippen LogP contribution in [0.2, 0.25) is 25.1 Å². The summed E-state index contributed by atoms with van der Waals surface area (Å²) in [6.45, 7) is 16.5. The maximum atomic E-state index is 13.3. The molecule has 16 aromatic rings. The molecule has 774 valence electrons. The zero-order valence-corrected chi connectivity index (χ0v) is 89.0. The van der Waals surface area contributed by atoms with Crippen molar-refractivity contribution in [3.05, 3.63) is 340 Å². The average molecular weight is 2160 g/mol. The molecule has 0 fully saturated rings. The van der Waals surface area contributed by atoms with Crippen molar-refractivity contribution in [3.8, 4) is 17.2 Å². The van der Waals surface area contributed by atoms with E-state index in [-0.39, 0.29) is 66.1 Å². The molecule has 149 heavy (non-hydrogen) atoms. The van der Waals surface area contributed by atoms with E-state index in [9.17, 15) is 36.7 Å². The highest BCUT2D eigenvalue weighted by atomic mass is 35.5. The number of fused-ring (bicyclic) bond motifs is 15. The molecule has 8 N–H and O–H groups in total. The van der Waals surface area contributed by atoms with Crippen LogP contribution in [0.4, 0.5) is 44.5 Å². The second-order valence-electron chi connectivity index (χ2n) is 37.2. The molecule has 6 aromatic heterocycles. The van der Waals surface area contributed by atoms with Crippen molar-refractivity contribution in [3.63, 3.8) is 0 Å². The van der Waals surface area contributed by atoms with E-state index in [0.717, 1.165) is 201 Å². The summed E-state index contributed by atoms with van der Waals surface area (Å²) in [6.07, 6.45) is 4.00. The number of rotatable bonds is 18. The molecule has 25 nitrogen and oxygen atoms in total. The smallest absolute Gasteiger partial charge is 0.416 e. The van der Waals surface area contributed by atoms with Gasteiger partial charge in [0.1, 0.15) is 29.1 Å². The van der Waals surface area contributed by atoms with Crippen LogP contribution in [0.15, 0.2) is 225 Å². The fraction of sp³-hybridized carbons (Fsp3) is 0.292. The van der Waals surface area contributed by atoms with Crippen LogP contribution in [-0.4, -0.2) is 186 Å². The molecule has 5 aliphatic rings. The van der Waals surface area contributed by atoms with Crippen molar-refractivity contribution in [2.24, 2.45) is 5.92 Å². The molecule has 36 heteroatoms. The number of H-pyrrole nitrogens is 5. The first kappa shape index (κ1) is 107. The van der Waals surface area contributed by atoms with Crippen LogP contribution in [0.1, 0.15) is 169 Å². The number of hydrogen-bond acceptors (Lipinski definition) is 14. The van der Waals surface area contributed by atoms with Crippen LogP contribution >= 0.6 is 82.4 Å². The lowest BCUT2D eigenvalue weighted by Gasteiger charge is -2.38. The Morgan fingerprint density at radius 2 is 0.812 bits per heavy atom. The van der Waals surface area contributed by atoms with Gasteiger partial charge in [0.2, 0.25) is 17.8 Å². The highest BCUT2D eigenvalue weighted by Crippen LogP contribution is 2.48. The Morgan fingerprint density at radius 3 is 1.19 bits per heavy atom. The van der Waals surface area contributed by atoms with Gasteiger partial charge in [-0.25, -0.2) is 23.9 Å². The van der Waals surface area contributed by atoms with Crippen molar-refractivity contribution < 1.29 is 60.4 Å². The van der Waals surface area contributed by atoms with Crippen LogP contribution in [0.3, 0.4) is 0 Å². The number of amides is 4. The van der Waals surface area contributed by atoms with Gasteiger partial charge >= 0.3 is 18.4 Å². The van der Waals surface area contributed by atoms with Gasteiger partial charge in [-0.05, 0) is 311 Å². The van der Waals surface area contributed by atoms with E-state index in [1.807, 2.05) is 161 Å². The standard InChI is InChI=1S/C26H21ClF3N3OS.C25H21ClFN3OS.C24H28ClN3O2.C20H20ClN5O3.C18H23ClN2O2/c1-34-19-8-5-15(6-9-19)24-23-20(21-14-17(27)7-10-22(21)32-23)11-12-33(24)25(35)31-18-4-2-3-16(13-18)26(28,29)30;1-31-19-9-2-15(3-10-19)24-23-20(21-14-16(26)4-11-22(21)29-23)12-13-30(24)25(32)28-18-7-5-17(27)6-8-18;1-16(29)28-13-11-20-21-15-18(25)7-10-22(21)26-23(20)24(28)17-5-8-19(9-6-17)30-14-4-12-27(2)3;1-3-29-20(28)26-7-6-14-15-8-13(21)4-5-16(15)25-17(14)18(26)12-9-22-19(23-10-12)24-11(2)27;1-4-11(3)17-16-13(8-9-21(17)18(22)23-5-2)14-10-12(19)6-7-15(14)20-16/h2-10,13-14,24,32H,11-12H2,1H3,(H,31,35);2-11,14,24,29H,12-13H2,1H3,(H,28,32);5-10,15,24,26H,4,11-14H2,1-3H3;4-5,8-10,18,25H,3,6-7H2,1-2H3,(H,22,23,24,27);6-7,10-11,17,20H,4-5,8-9H2,1-3H3. The van der Waals surface area contributed by atoms with Gasteiger partial charge in [0.25, 0.3) is 0 Å². The summed E-state index contributed by atoms with van der Waals surface area (Å²) < 4.78 is 80.0. The number of alkyl halides is 3. The second kappa shape index (κ2) is 47.1. The normalized spacial score (nSPS) is 16.2. The third-order valence-corrected chi connectivity index (χ3v) is 29.3. The monoisotopic (exact) mass is 2150 g/mol. The molecule has 0 saturated heterocycles. The van der Waals surface area contributed by atoms with E-state index in [0.29, 0.717) is 84.0 Å². The second-order valence-corrected chi connectivity index (χ2v) is 40.2. The van der Waals surface area contributed by atoms with E-state index < -0.39 is 23.9 Å². The van der Waals surface area contributed by atoms with Crippen LogP contribution in [0.5, 0.6) is 17.2 Å². The van der Waals surface area contributed by atoms with Crippen molar-refractivity contribution in [2.45, 2.75) is 123 Å². The zero-order chi connectivity index (χ0) is 105. The van der Waals surface area contributed by atoms with Crippen LogP contribution in [0, 0.1) is 11.7 Å². The topological polar surface area (TPSA) is 275 Å². The van der Waals surface area contributed by atoms with Gasteiger partial charge in [-0.3, -0.25) is 24.7 Å². The van der Waals surface area contributed by atoms with E-state index in [4.69, 9.17) is 106 Å². The number of aromatic nitrogens is 7. The first-order valence-corrected chi connectivity index (χ1v) is 51.9. The minimum atomic E-state index is -4.43. The van der Waals surface area contributed by atoms with Gasteiger partial charge in [-0.15, -0.1) is 0 Å². The summed E-state index contributed by atoms with van der Waals surface area (Å²) in [5.41, 5.74) is 20.5. The molecule has 0 aliphatic carbocycles. The number of nitrogens with zero attached hydrogens (tertiary/aromatic N) is 8. The molecule has 0 radical (unpaired) electrons. The summed E-state index contributed by atoms with van der Waals surface area (Å²) in [7, 11) is 7.39. The molecule has 21 rings (SSSR count). The Balaban J connectivity index is 0.000000128. The third kappa shape index (κ3) is 24.0. The SMILES string of the molecule is CC(=O)N1CCc2c([nH]c3ccc(Cl)cc23)C1c1ccc(OCCCN(C)C)cc1.CCOC(=O)N1CCc2c([nH]c3ccc(Cl)cc23)C1C(C)CC.CCOC(=O)N1CCc2c([nH]c3ccc(Cl)cc23)C1c1cnc(NC(C)=O)nc1.COc1ccc(C2c3[nH]c4ccc(Cl)cc4c3CCN2C(=S)Nc2ccc(F)cc2)cc1.COc1ccc(C2c3[nH]c4ccc(Cl)cc4c3CCN2C(=S)Nc2cccc(C(F)(F)F)c2)cc1. The third-order valence-electron chi connectivity index (χ3n) is 27.5. The first-order valence-electron chi connectivity index (χ1n) is 49.2. The Labute approximate surface area is 895 Å². The molecule has 4 amide bonds. The highest BCUT2D eigenvalue weighted by Gasteiger charge is 2.42. The van der Waals surface area contributed by atoms with Gasteiger partial charge in [0, 0.05) is 191 Å². The van der Waals surface area contributed by atoms with Crippen molar-refractivity contribution in [1.82, 2.24) is 64.3 Å². The highest BCUT2D eigenvalue weighted by molar-refractivity contribution is 7.80. The number of thiocarbonyl (C=S) groups is 2. The predicted octanol–water partition coefficient (Wildman–Crippen LogP) is 26.7. The largest absolute Gasteiger partial charge is 0.497 e. The summed E-state index contributed by atoms with van der Waals surface area (Å²) >= 11 is 42.7. The summed E-state index contributed by atoms with van der Waals surface area (Å²) in [5, 5.41) is 18.8. The Kier molecular flexibility index (Phi) is 33.7. The Bertz CT molecular complexity index is 7580. The van der Waals surface area contributed by atoms with Crippen molar-refractivity contribution in [1.29, 1.82) is 0 Å². The fourth-order valence-electron chi connectivity index (χ4n) is 20.4. The Morgan fingerprint density at radius 1 is 0.450 bits per heavy atom. The lowest BCUT2D eigenvalue weighted by Crippen LogP contribution is -2.43. The molecule has 0 saturated carbocycles. The molecule has 5 aliphatic heterocycles. The maximum absolute atomic E-state index is 13.3. The first-order chi connectivity index (χ1) is 71.7. The molecule has 11 heterocycles. The van der Waals surface area contributed by atoms with E-state index in [2.05, 4.69) is 113 Å². The van der Waals surface area contributed by atoms with Crippen molar-refractivity contribution >= 4 is 189 Å². The van der Waals surface area contributed by atoms with Gasteiger partial charge in [-0.2, -0.15) is 13.2 Å². The lowest BCUT2D eigenvalue weighted by atomic mass is 9.88. The Hall–Kier alpha value is -13.6. The number of halogens is 9. The predicted molar refractivity (Wildman–Crippen MR) is 591 cm³/mol. The average Bonchev–Trinajstić information content (AvgIpc) is 1.61. The van der Waals surface area contributed by atoms with Gasteiger partial charge in [0.15, 0.2) is 10.2 Å². The molecule has 10 aromatic carbocycles. The van der Waals surface area contributed by atoms with E-state index in [1.54, 1.807) is 63.6 Å². The van der Waals surface area contributed by atoms with Gasteiger partial charge < -0.3 is 78.8 Å². The minimum absolute atomic E-state index is 0.0222. The zero-order valence-electron chi connectivity index (χ0n) is 83.6. The molecule has 6 unspecified atom stereocenters. The number of aromatic amines is 5.